The smallest absolute Gasteiger partial charge is 2.00 e. The third kappa shape index (κ3) is 36.0. The van der Waals surface area contributed by atoms with Gasteiger partial charge in [0.1, 0.15) is 0 Å². The maximum atomic E-state index is 3.78. The SMILES string of the molecule is [CH2-]CCCCCCC.[CH2-]CCCCCCC.[O-2].[Zn+2]. The molecule has 0 amide bonds. The number of hydrogen-bond acceptors (Lipinski definition) is 0. The zero-order chi connectivity index (χ0) is 12.5. The third-order valence-electron chi connectivity index (χ3n) is 2.71. The molecule has 0 spiro atoms. The van der Waals surface area contributed by atoms with Gasteiger partial charge < -0.3 is 19.3 Å². The largest absolute Gasteiger partial charge is 2.00 e. The minimum Gasteiger partial charge on any atom is -2.00 e. The van der Waals surface area contributed by atoms with Crippen LogP contribution in [0.5, 0.6) is 0 Å². The summed E-state index contributed by atoms with van der Waals surface area (Å²) in [7, 11) is 0. The first-order valence-electron chi connectivity index (χ1n) is 7.41. The van der Waals surface area contributed by atoms with E-state index in [0.717, 1.165) is 12.8 Å². The van der Waals surface area contributed by atoms with Crippen LogP contribution in [0.1, 0.15) is 90.9 Å². The summed E-state index contributed by atoms with van der Waals surface area (Å²) >= 11 is 0. The summed E-state index contributed by atoms with van der Waals surface area (Å²) in [5.74, 6) is 0. The molecule has 18 heavy (non-hydrogen) atoms. The second-order valence-corrected chi connectivity index (χ2v) is 4.54. The van der Waals surface area contributed by atoms with Gasteiger partial charge >= 0.3 is 19.5 Å². The Hall–Kier alpha value is 0.583. The fraction of sp³-hybridized carbons (Fsp3) is 0.875. The van der Waals surface area contributed by atoms with Crippen LogP contribution < -0.4 is 0 Å². The molecule has 0 aromatic carbocycles. The summed E-state index contributed by atoms with van der Waals surface area (Å²) < 4.78 is 0. The Morgan fingerprint density at radius 3 is 1.06 bits per heavy atom. The van der Waals surface area contributed by atoms with Gasteiger partial charge in [-0.3, -0.25) is 0 Å². The molecule has 0 heterocycles. The molecule has 0 rings (SSSR count). The average molecular weight is 308 g/mol. The Morgan fingerprint density at radius 2 is 0.833 bits per heavy atom. The summed E-state index contributed by atoms with van der Waals surface area (Å²) in [6.07, 6.45) is 16.0. The average Bonchev–Trinajstić information content (AvgIpc) is 2.31. The number of hydrogen-bond donors (Lipinski definition) is 0. The van der Waals surface area contributed by atoms with Gasteiger partial charge in [-0.1, -0.05) is 78.1 Å². The van der Waals surface area contributed by atoms with Crippen LogP contribution in [-0.2, 0) is 25.0 Å². The summed E-state index contributed by atoms with van der Waals surface area (Å²) in [4.78, 5) is 0. The molecule has 0 N–H and O–H groups in total. The molecule has 0 saturated carbocycles. The van der Waals surface area contributed by atoms with Crippen molar-refractivity contribution >= 4 is 0 Å². The van der Waals surface area contributed by atoms with Crippen molar-refractivity contribution < 1.29 is 25.0 Å². The van der Waals surface area contributed by atoms with Gasteiger partial charge in [-0.2, -0.15) is 12.8 Å². The molecule has 2 heteroatoms. The summed E-state index contributed by atoms with van der Waals surface area (Å²) in [6, 6.07) is 0. The van der Waals surface area contributed by atoms with Crippen LogP contribution in [-0.4, -0.2) is 0 Å². The summed E-state index contributed by atoms with van der Waals surface area (Å²) in [6.45, 7) is 12.0. The van der Waals surface area contributed by atoms with Gasteiger partial charge in [-0.05, 0) is 0 Å². The molecule has 0 fully saturated rings. The second-order valence-electron chi connectivity index (χ2n) is 4.54. The topological polar surface area (TPSA) is 28.5 Å². The van der Waals surface area contributed by atoms with E-state index in [9.17, 15) is 0 Å². The van der Waals surface area contributed by atoms with Crippen molar-refractivity contribution in [3.8, 4) is 0 Å². The maximum absolute atomic E-state index is 3.78. The fourth-order valence-electron chi connectivity index (χ4n) is 1.56. The van der Waals surface area contributed by atoms with E-state index < -0.39 is 0 Å². The standard InChI is InChI=1S/2C8H17.O.Zn/c2*1-3-5-7-8-6-4-2;;/h2*1,3-8H2,2H3;;/q2*-1;-2;+2. The molecule has 0 aliphatic carbocycles. The molecule has 0 atom stereocenters. The van der Waals surface area contributed by atoms with E-state index in [1.807, 2.05) is 0 Å². The normalized spacial score (nSPS) is 8.67. The predicted molar refractivity (Wildman–Crippen MR) is 78.2 cm³/mol. The van der Waals surface area contributed by atoms with Gasteiger partial charge in [0.05, 0.1) is 0 Å². The van der Waals surface area contributed by atoms with Crippen LogP contribution in [0.25, 0.3) is 0 Å². The summed E-state index contributed by atoms with van der Waals surface area (Å²) in [5.41, 5.74) is 0. The first kappa shape index (κ1) is 27.0. The van der Waals surface area contributed by atoms with Crippen LogP contribution in [0, 0.1) is 13.8 Å². The van der Waals surface area contributed by atoms with Crippen molar-refractivity contribution in [3.05, 3.63) is 13.8 Å². The van der Waals surface area contributed by atoms with Crippen LogP contribution >= 0.6 is 0 Å². The Morgan fingerprint density at radius 1 is 0.556 bits per heavy atom. The Bertz CT molecular complexity index is 73.1. The van der Waals surface area contributed by atoms with E-state index in [0.29, 0.717) is 0 Å². The van der Waals surface area contributed by atoms with Gasteiger partial charge in [0.2, 0.25) is 0 Å². The maximum Gasteiger partial charge on any atom is 2.00 e. The summed E-state index contributed by atoms with van der Waals surface area (Å²) in [5, 5.41) is 0. The minimum absolute atomic E-state index is 0. The quantitative estimate of drug-likeness (QED) is 0.259. The van der Waals surface area contributed by atoms with E-state index in [2.05, 4.69) is 27.7 Å². The molecular formula is C16H34OZn-2. The third-order valence-corrected chi connectivity index (χ3v) is 2.71. The van der Waals surface area contributed by atoms with Crippen LogP contribution in [0.2, 0.25) is 0 Å². The minimum atomic E-state index is 0. The van der Waals surface area contributed by atoms with Gasteiger partial charge in [-0.25, -0.2) is 0 Å². The van der Waals surface area contributed by atoms with Crippen molar-refractivity contribution in [2.45, 2.75) is 90.9 Å². The molecule has 1 nitrogen and oxygen atoms in total. The molecule has 108 valence electrons. The molecular weight excluding hydrogens is 274 g/mol. The van der Waals surface area contributed by atoms with Crippen molar-refractivity contribution in [2.24, 2.45) is 0 Å². The van der Waals surface area contributed by atoms with Crippen LogP contribution in [0.15, 0.2) is 0 Å². The predicted octanol–water partition coefficient (Wildman–Crippen LogP) is 6.24. The Labute approximate surface area is 130 Å². The van der Waals surface area contributed by atoms with Gasteiger partial charge in [0.25, 0.3) is 0 Å². The van der Waals surface area contributed by atoms with Crippen molar-refractivity contribution in [3.63, 3.8) is 0 Å². The van der Waals surface area contributed by atoms with Crippen molar-refractivity contribution in [1.82, 2.24) is 0 Å². The van der Waals surface area contributed by atoms with Gasteiger partial charge in [-0.15, -0.1) is 0 Å². The fourth-order valence-corrected chi connectivity index (χ4v) is 1.56. The molecule has 0 aliphatic heterocycles. The molecule has 0 saturated heterocycles. The molecule has 0 aromatic heterocycles. The van der Waals surface area contributed by atoms with E-state index >= 15 is 0 Å². The molecule has 0 unspecified atom stereocenters. The number of unbranched alkanes of at least 4 members (excludes halogenated alkanes) is 10. The van der Waals surface area contributed by atoms with Gasteiger partial charge in [0.15, 0.2) is 0 Å². The molecule has 0 aliphatic rings. The van der Waals surface area contributed by atoms with Crippen molar-refractivity contribution in [2.75, 3.05) is 0 Å². The first-order chi connectivity index (χ1) is 7.83. The molecule has 0 aromatic rings. The molecule has 0 radical (unpaired) electrons. The van der Waals surface area contributed by atoms with E-state index in [1.165, 1.54) is 64.2 Å². The van der Waals surface area contributed by atoms with E-state index in [1.54, 1.807) is 0 Å². The Balaban J connectivity index is -0.0000000980. The van der Waals surface area contributed by atoms with Gasteiger partial charge in [0, 0.05) is 0 Å². The molecule has 0 bridgehead atoms. The second kappa shape index (κ2) is 30.5. The van der Waals surface area contributed by atoms with Crippen LogP contribution in [0.4, 0.5) is 0 Å². The Kier molecular flexibility index (Phi) is 45.8. The zero-order valence-corrected chi connectivity index (χ0v) is 16.0. The van der Waals surface area contributed by atoms with E-state index in [-0.39, 0.29) is 25.0 Å². The van der Waals surface area contributed by atoms with E-state index in [4.69, 9.17) is 0 Å². The monoisotopic (exact) mass is 306 g/mol. The van der Waals surface area contributed by atoms with Crippen molar-refractivity contribution in [1.29, 1.82) is 0 Å². The number of rotatable bonds is 10. The first-order valence-corrected chi connectivity index (χ1v) is 7.41. The zero-order valence-electron chi connectivity index (χ0n) is 13.0. The van der Waals surface area contributed by atoms with Crippen LogP contribution in [0.3, 0.4) is 0 Å².